The third kappa shape index (κ3) is 5.89. The van der Waals surface area contributed by atoms with Crippen molar-refractivity contribution in [1.29, 1.82) is 0 Å². The summed E-state index contributed by atoms with van der Waals surface area (Å²) in [5, 5.41) is 31.4. The Balaban J connectivity index is 1.47. The van der Waals surface area contributed by atoms with Crippen molar-refractivity contribution < 1.29 is 33.8 Å². The van der Waals surface area contributed by atoms with Crippen molar-refractivity contribution in [2.75, 3.05) is 6.54 Å². The van der Waals surface area contributed by atoms with Crippen molar-refractivity contribution in [2.24, 2.45) is 0 Å². The number of β-amino-alcohol motifs (C(OH)–C–C–N with tert-alkyl or cyclic N) is 1. The van der Waals surface area contributed by atoms with Crippen LogP contribution in [0.1, 0.15) is 17.5 Å². The number of carboxylic acids is 1. The fourth-order valence-corrected chi connectivity index (χ4v) is 4.59. The first-order valence-electron chi connectivity index (χ1n) is 12.1. The standard InChI is InChI=1S/C28H24N2O9/c31-20-11-23(28(33)34)29(15-20)14-18-8-9-21(37-16-17-4-3-5-19(10-17)30(35)36)12-25(18)38-26-13-27(32)39-24-7-2-1-6-22(24)26/h1-10,12-13,20,23,31H,11,14-16H2,(H,33,34)/t20-,23+/m1/s1. The summed E-state index contributed by atoms with van der Waals surface area (Å²) in [5.74, 6) is -0.0793. The highest BCUT2D eigenvalue weighted by Crippen LogP contribution is 2.35. The third-order valence-electron chi connectivity index (χ3n) is 6.44. The number of rotatable bonds is 9. The molecule has 1 fully saturated rings. The van der Waals surface area contributed by atoms with Gasteiger partial charge in [0.2, 0.25) is 0 Å². The van der Waals surface area contributed by atoms with Gasteiger partial charge in [0.25, 0.3) is 5.69 Å². The molecule has 0 unspecified atom stereocenters. The number of carbonyl (C=O) groups is 1. The van der Waals surface area contributed by atoms with E-state index >= 15 is 0 Å². The molecule has 3 aromatic carbocycles. The highest BCUT2D eigenvalue weighted by molar-refractivity contribution is 5.83. The predicted molar refractivity (Wildman–Crippen MR) is 139 cm³/mol. The topological polar surface area (TPSA) is 153 Å². The van der Waals surface area contributed by atoms with Crippen LogP contribution in [0.25, 0.3) is 11.0 Å². The normalized spacial score (nSPS) is 17.3. The molecule has 2 atom stereocenters. The van der Waals surface area contributed by atoms with Gasteiger partial charge in [-0.05, 0) is 23.8 Å². The van der Waals surface area contributed by atoms with E-state index in [2.05, 4.69) is 0 Å². The van der Waals surface area contributed by atoms with Crippen LogP contribution in [0.15, 0.2) is 82.0 Å². The minimum atomic E-state index is -1.03. The monoisotopic (exact) mass is 532 g/mol. The van der Waals surface area contributed by atoms with Crippen molar-refractivity contribution >= 4 is 22.6 Å². The Morgan fingerprint density at radius 2 is 1.90 bits per heavy atom. The SMILES string of the molecule is O=C(O)[C@@H]1C[C@@H](O)CN1Cc1ccc(OCc2cccc([N+](=O)[O-])c2)cc1Oc1cc(=O)oc2ccccc12. The van der Waals surface area contributed by atoms with Crippen LogP contribution < -0.4 is 15.1 Å². The summed E-state index contributed by atoms with van der Waals surface area (Å²) in [6, 6.07) is 18.4. The number of likely N-dealkylation sites (tertiary alicyclic amines) is 1. The first-order chi connectivity index (χ1) is 18.8. The molecule has 2 N–H and O–H groups in total. The number of non-ortho nitro benzene ring substituents is 1. The number of hydrogen-bond acceptors (Lipinski definition) is 9. The number of nitro groups is 1. The summed E-state index contributed by atoms with van der Waals surface area (Å²) in [6.45, 7) is 0.394. The smallest absolute Gasteiger partial charge is 0.339 e. The van der Waals surface area contributed by atoms with E-state index in [0.29, 0.717) is 33.6 Å². The molecule has 0 spiro atoms. The molecule has 4 aromatic rings. The molecule has 1 aliphatic heterocycles. The molecule has 0 aliphatic carbocycles. The van der Waals surface area contributed by atoms with E-state index in [-0.39, 0.29) is 37.6 Å². The minimum Gasteiger partial charge on any atom is -0.489 e. The Kier molecular flexibility index (Phi) is 7.26. The molecule has 0 radical (unpaired) electrons. The average Bonchev–Trinajstić information content (AvgIpc) is 3.29. The average molecular weight is 533 g/mol. The summed E-state index contributed by atoms with van der Waals surface area (Å²) in [7, 11) is 0. The fourth-order valence-electron chi connectivity index (χ4n) is 4.59. The lowest BCUT2D eigenvalue weighted by atomic mass is 10.1. The summed E-state index contributed by atoms with van der Waals surface area (Å²) >= 11 is 0. The lowest BCUT2D eigenvalue weighted by Crippen LogP contribution is -2.35. The summed E-state index contributed by atoms with van der Waals surface area (Å²) in [5.41, 5.74) is 0.893. The Labute approximate surface area is 221 Å². The lowest BCUT2D eigenvalue weighted by Gasteiger charge is -2.23. The number of aliphatic carboxylic acids is 1. The van der Waals surface area contributed by atoms with Crippen LogP contribution in [-0.2, 0) is 17.9 Å². The summed E-state index contributed by atoms with van der Waals surface area (Å²) < 4.78 is 17.4. The van der Waals surface area contributed by atoms with Gasteiger partial charge < -0.3 is 24.1 Å². The van der Waals surface area contributed by atoms with E-state index in [1.54, 1.807) is 59.5 Å². The van der Waals surface area contributed by atoms with Crippen LogP contribution in [0, 0.1) is 10.1 Å². The van der Waals surface area contributed by atoms with Gasteiger partial charge in [-0.15, -0.1) is 0 Å². The number of aliphatic hydroxyl groups is 1. The molecule has 1 aromatic heterocycles. The van der Waals surface area contributed by atoms with Crippen LogP contribution >= 0.6 is 0 Å². The molecule has 11 nitrogen and oxygen atoms in total. The molecule has 1 aliphatic rings. The Bertz CT molecular complexity index is 1600. The largest absolute Gasteiger partial charge is 0.489 e. The minimum absolute atomic E-state index is 0.0500. The zero-order valence-corrected chi connectivity index (χ0v) is 20.6. The number of nitrogens with zero attached hydrogens (tertiary/aromatic N) is 2. The summed E-state index contributed by atoms with van der Waals surface area (Å²) in [4.78, 5) is 36.2. The van der Waals surface area contributed by atoms with Crippen molar-refractivity contribution in [2.45, 2.75) is 31.7 Å². The van der Waals surface area contributed by atoms with Gasteiger partial charge in [-0.2, -0.15) is 0 Å². The van der Waals surface area contributed by atoms with E-state index in [1.165, 1.54) is 18.2 Å². The van der Waals surface area contributed by atoms with Gasteiger partial charge in [0.05, 0.1) is 22.5 Å². The van der Waals surface area contributed by atoms with Crippen LogP contribution in [0.2, 0.25) is 0 Å². The molecule has 200 valence electrons. The molecule has 11 heteroatoms. The van der Waals surface area contributed by atoms with Crippen molar-refractivity contribution in [3.8, 4) is 17.2 Å². The quantitative estimate of drug-likeness (QED) is 0.183. The molecule has 0 bridgehead atoms. The van der Waals surface area contributed by atoms with Crippen LogP contribution in [0.4, 0.5) is 5.69 Å². The highest BCUT2D eigenvalue weighted by Gasteiger charge is 2.36. The molecule has 0 saturated carbocycles. The van der Waals surface area contributed by atoms with Gasteiger partial charge in [0.15, 0.2) is 0 Å². The van der Waals surface area contributed by atoms with Gasteiger partial charge >= 0.3 is 11.6 Å². The number of ether oxygens (including phenoxy) is 2. The van der Waals surface area contributed by atoms with Crippen molar-refractivity contribution in [1.82, 2.24) is 4.90 Å². The molecular weight excluding hydrogens is 508 g/mol. The first kappa shape index (κ1) is 25.9. The maximum absolute atomic E-state index is 12.2. The maximum Gasteiger partial charge on any atom is 0.339 e. The maximum atomic E-state index is 12.2. The number of aliphatic hydroxyl groups excluding tert-OH is 1. The van der Waals surface area contributed by atoms with Gasteiger partial charge in [-0.3, -0.25) is 19.8 Å². The third-order valence-corrected chi connectivity index (χ3v) is 6.44. The molecule has 0 amide bonds. The molecule has 1 saturated heterocycles. The van der Waals surface area contributed by atoms with Gasteiger partial charge in [0.1, 0.15) is 35.5 Å². The van der Waals surface area contributed by atoms with E-state index < -0.39 is 28.7 Å². The zero-order chi connectivity index (χ0) is 27.5. The molecule has 2 heterocycles. The number of hydrogen-bond donors (Lipinski definition) is 2. The number of carboxylic acid groups (broad SMARTS) is 1. The fraction of sp³-hybridized carbons (Fsp3) is 0.214. The number of para-hydroxylation sites is 1. The number of benzene rings is 3. The van der Waals surface area contributed by atoms with Crippen molar-refractivity contribution in [3.63, 3.8) is 0 Å². The van der Waals surface area contributed by atoms with Crippen LogP contribution in [0.5, 0.6) is 17.2 Å². The predicted octanol–water partition coefficient (Wildman–Crippen LogP) is 4.09. The first-order valence-corrected chi connectivity index (χ1v) is 12.1. The Morgan fingerprint density at radius 3 is 2.69 bits per heavy atom. The van der Waals surface area contributed by atoms with E-state index in [0.717, 1.165) is 0 Å². The van der Waals surface area contributed by atoms with E-state index in [9.17, 15) is 29.9 Å². The summed E-state index contributed by atoms with van der Waals surface area (Å²) in [6.07, 6.45) is -0.656. The zero-order valence-electron chi connectivity index (χ0n) is 20.6. The molecular formula is C28H24N2O9. The van der Waals surface area contributed by atoms with Gasteiger partial charge in [-0.1, -0.05) is 30.3 Å². The van der Waals surface area contributed by atoms with Gasteiger partial charge in [0, 0.05) is 43.3 Å². The molecule has 39 heavy (non-hydrogen) atoms. The van der Waals surface area contributed by atoms with E-state index in [4.69, 9.17) is 13.9 Å². The molecule has 5 rings (SSSR count). The Hall–Kier alpha value is -4.74. The van der Waals surface area contributed by atoms with Gasteiger partial charge in [-0.25, -0.2) is 4.79 Å². The second kappa shape index (κ2) is 10.9. The number of nitro benzene ring substituents is 1. The Morgan fingerprint density at radius 1 is 1.08 bits per heavy atom. The van der Waals surface area contributed by atoms with Crippen LogP contribution in [0.3, 0.4) is 0 Å². The van der Waals surface area contributed by atoms with Crippen molar-refractivity contribution in [3.05, 3.63) is 104 Å². The van der Waals surface area contributed by atoms with E-state index in [1.807, 2.05) is 0 Å². The second-order valence-corrected chi connectivity index (χ2v) is 9.19. The highest BCUT2D eigenvalue weighted by atomic mass is 16.6. The van der Waals surface area contributed by atoms with Crippen LogP contribution in [-0.4, -0.2) is 44.7 Å². The number of fused-ring (bicyclic) bond motifs is 1. The second-order valence-electron chi connectivity index (χ2n) is 9.19. The lowest BCUT2D eigenvalue weighted by molar-refractivity contribution is -0.384.